The van der Waals surface area contributed by atoms with Gasteiger partial charge in [0, 0.05) is 12.0 Å². The van der Waals surface area contributed by atoms with E-state index in [0.29, 0.717) is 11.8 Å². The summed E-state index contributed by atoms with van der Waals surface area (Å²) in [5, 5.41) is 0. The minimum Gasteiger partial charge on any atom is -0.303 e. The van der Waals surface area contributed by atoms with Crippen LogP contribution in [-0.4, -0.2) is 6.29 Å². The summed E-state index contributed by atoms with van der Waals surface area (Å²) in [5.41, 5.74) is 5.83. The number of carbonyl (C=O) groups is 1. The average molecular weight is 335 g/mol. The number of carbonyl (C=O) groups excluding carboxylic acids is 1. The van der Waals surface area contributed by atoms with Crippen LogP contribution in [0.15, 0.2) is 12.1 Å². The topological polar surface area (TPSA) is 17.1 Å². The van der Waals surface area contributed by atoms with Crippen LogP contribution in [0.3, 0.4) is 0 Å². The normalized spacial score (nSPS) is 35.8. The fraction of sp³-hybridized carbons (Fsp3) is 0.625. The van der Waals surface area contributed by atoms with Gasteiger partial charge in [-0.05, 0) is 97.3 Å². The Hall–Kier alpha value is -1.55. The SMILES string of the molecule is CC#Cc1cc2c(cc1CC=O)CCC1C2CC[C@]2(C)C(C)CCC12. The smallest absolute Gasteiger partial charge is 0.124 e. The highest BCUT2D eigenvalue weighted by Crippen LogP contribution is 2.62. The molecular formula is C24H30O. The number of hydrogen-bond acceptors (Lipinski definition) is 1. The van der Waals surface area contributed by atoms with E-state index >= 15 is 0 Å². The Morgan fingerprint density at radius 1 is 1.24 bits per heavy atom. The zero-order valence-electron chi connectivity index (χ0n) is 15.9. The molecule has 1 aromatic carbocycles. The zero-order chi connectivity index (χ0) is 17.6. The van der Waals surface area contributed by atoms with Crippen molar-refractivity contribution in [3.63, 3.8) is 0 Å². The molecule has 0 saturated heterocycles. The Morgan fingerprint density at radius 3 is 2.84 bits per heavy atom. The van der Waals surface area contributed by atoms with Gasteiger partial charge in [0.15, 0.2) is 0 Å². The van der Waals surface area contributed by atoms with Gasteiger partial charge in [-0.2, -0.15) is 0 Å². The molecule has 3 aliphatic carbocycles. The van der Waals surface area contributed by atoms with Crippen LogP contribution in [0.4, 0.5) is 0 Å². The molecule has 0 heterocycles. The lowest BCUT2D eigenvalue weighted by Gasteiger charge is -2.50. The Kier molecular flexibility index (Phi) is 4.27. The highest BCUT2D eigenvalue weighted by Gasteiger charge is 2.53. The van der Waals surface area contributed by atoms with Gasteiger partial charge in [0.2, 0.25) is 0 Å². The molecule has 2 saturated carbocycles. The Balaban J connectivity index is 1.73. The number of fused-ring (bicyclic) bond motifs is 5. The quantitative estimate of drug-likeness (QED) is 0.530. The van der Waals surface area contributed by atoms with Gasteiger partial charge < -0.3 is 4.79 Å². The number of rotatable bonds is 2. The molecular weight excluding hydrogens is 304 g/mol. The van der Waals surface area contributed by atoms with E-state index in [9.17, 15) is 4.79 Å². The average Bonchev–Trinajstić information content (AvgIpc) is 2.91. The third kappa shape index (κ3) is 2.57. The van der Waals surface area contributed by atoms with E-state index in [1.54, 1.807) is 5.56 Å². The lowest BCUT2D eigenvalue weighted by atomic mass is 9.54. The molecule has 132 valence electrons. The molecule has 4 rings (SSSR count). The Bertz CT molecular complexity index is 749. The summed E-state index contributed by atoms with van der Waals surface area (Å²) in [6.45, 7) is 6.94. The van der Waals surface area contributed by atoms with Crippen molar-refractivity contribution in [1.82, 2.24) is 0 Å². The minimum absolute atomic E-state index is 0.490. The van der Waals surface area contributed by atoms with Crippen molar-refractivity contribution in [1.29, 1.82) is 0 Å². The molecule has 0 N–H and O–H groups in total. The van der Waals surface area contributed by atoms with Crippen molar-refractivity contribution < 1.29 is 4.79 Å². The van der Waals surface area contributed by atoms with Gasteiger partial charge >= 0.3 is 0 Å². The lowest BCUT2D eigenvalue weighted by molar-refractivity contribution is -0.107. The van der Waals surface area contributed by atoms with Gasteiger partial charge in [0.05, 0.1) is 0 Å². The van der Waals surface area contributed by atoms with Crippen molar-refractivity contribution in [3.8, 4) is 11.8 Å². The van der Waals surface area contributed by atoms with Crippen LogP contribution in [0, 0.1) is 35.0 Å². The molecule has 0 aromatic heterocycles. The molecule has 0 spiro atoms. The molecule has 2 fully saturated rings. The highest BCUT2D eigenvalue weighted by molar-refractivity contribution is 5.60. The fourth-order valence-electron chi connectivity index (χ4n) is 6.44. The highest BCUT2D eigenvalue weighted by atomic mass is 16.1. The predicted molar refractivity (Wildman–Crippen MR) is 103 cm³/mol. The molecule has 0 amide bonds. The van der Waals surface area contributed by atoms with Crippen LogP contribution >= 0.6 is 0 Å². The predicted octanol–water partition coefficient (Wildman–Crippen LogP) is 5.29. The molecule has 3 aliphatic rings. The van der Waals surface area contributed by atoms with Crippen molar-refractivity contribution >= 4 is 6.29 Å². The maximum absolute atomic E-state index is 11.1. The van der Waals surface area contributed by atoms with Gasteiger partial charge in [-0.25, -0.2) is 0 Å². The van der Waals surface area contributed by atoms with Gasteiger partial charge in [-0.1, -0.05) is 25.8 Å². The maximum atomic E-state index is 11.1. The van der Waals surface area contributed by atoms with E-state index < -0.39 is 0 Å². The largest absolute Gasteiger partial charge is 0.303 e. The van der Waals surface area contributed by atoms with Gasteiger partial charge in [-0.15, -0.1) is 5.92 Å². The molecule has 1 heteroatoms. The van der Waals surface area contributed by atoms with Gasteiger partial charge in [0.1, 0.15) is 6.29 Å². The van der Waals surface area contributed by atoms with Crippen molar-refractivity contribution in [3.05, 3.63) is 34.4 Å². The van der Waals surface area contributed by atoms with Crippen LogP contribution in [-0.2, 0) is 17.6 Å². The first-order chi connectivity index (χ1) is 12.1. The van der Waals surface area contributed by atoms with Crippen LogP contribution in [0.5, 0.6) is 0 Å². The van der Waals surface area contributed by atoms with E-state index in [1.807, 2.05) is 6.92 Å². The van der Waals surface area contributed by atoms with Crippen molar-refractivity contribution in [2.75, 3.05) is 0 Å². The number of aldehydes is 1. The van der Waals surface area contributed by atoms with E-state index in [2.05, 4.69) is 37.8 Å². The van der Waals surface area contributed by atoms with E-state index in [1.165, 1.54) is 44.1 Å². The summed E-state index contributed by atoms with van der Waals surface area (Å²) in [7, 11) is 0. The maximum Gasteiger partial charge on any atom is 0.124 e. The second-order valence-corrected chi connectivity index (χ2v) is 8.89. The Labute approximate surface area is 152 Å². The van der Waals surface area contributed by atoms with Crippen LogP contribution < -0.4 is 0 Å². The van der Waals surface area contributed by atoms with Crippen LogP contribution in [0.25, 0.3) is 0 Å². The van der Waals surface area contributed by atoms with Gasteiger partial charge in [-0.3, -0.25) is 0 Å². The summed E-state index contributed by atoms with van der Waals surface area (Å²) in [6, 6.07) is 4.65. The lowest BCUT2D eigenvalue weighted by Crippen LogP contribution is -2.41. The zero-order valence-corrected chi connectivity index (χ0v) is 15.9. The minimum atomic E-state index is 0.490. The standard InChI is InChI=1S/C24H30O/c1-4-5-17-15-22-19(14-18(17)11-13-25)7-8-21-20(22)10-12-24(3)16(2)6-9-23(21)24/h13-16,20-21,23H,6-12H2,1-3H3/t16?,20?,21?,23?,24-/m1/s1. The third-order valence-corrected chi connectivity index (χ3v) is 7.99. The van der Waals surface area contributed by atoms with E-state index in [-0.39, 0.29) is 0 Å². The van der Waals surface area contributed by atoms with E-state index in [4.69, 9.17) is 0 Å². The summed E-state index contributed by atoms with van der Waals surface area (Å²) in [6.07, 6.45) is 9.59. The second kappa shape index (κ2) is 6.31. The monoisotopic (exact) mass is 334 g/mol. The molecule has 1 aromatic rings. The van der Waals surface area contributed by atoms with Crippen molar-refractivity contribution in [2.24, 2.45) is 23.2 Å². The molecule has 1 nitrogen and oxygen atoms in total. The molecule has 0 bridgehead atoms. The fourth-order valence-corrected chi connectivity index (χ4v) is 6.44. The third-order valence-electron chi connectivity index (χ3n) is 7.99. The van der Waals surface area contributed by atoms with Crippen LogP contribution in [0.1, 0.15) is 81.0 Å². The van der Waals surface area contributed by atoms with Gasteiger partial charge in [0.25, 0.3) is 0 Å². The number of benzene rings is 1. The molecule has 5 atom stereocenters. The first-order valence-electron chi connectivity index (χ1n) is 10.1. The molecule has 4 unspecified atom stereocenters. The Morgan fingerprint density at radius 2 is 2.08 bits per heavy atom. The summed E-state index contributed by atoms with van der Waals surface area (Å²) < 4.78 is 0. The summed E-state index contributed by atoms with van der Waals surface area (Å²) >= 11 is 0. The number of aryl methyl sites for hydroxylation is 1. The molecule has 0 aliphatic heterocycles. The summed E-state index contributed by atoms with van der Waals surface area (Å²) in [4.78, 5) is 11.1. The summed E-state index contributed by atoms with van der Waals surface area (Å²) in [5.74, 6) is 9.67. The first kappa shape index (κ1) is 16.9. The number of hydrogen-bond donors (Lipinski definition) is 0. The first-order valence-corrected chi connectivity index (χ1v) is 10.1. The van der Waals surface area contributed by atoms with E-state index in [0.717, 1.165) is 41.1 Å². The molecule has 25 heavy (non-hydrogen) atoms. The van der Waals surface area contributed by atoms with Crippen molar-refractivity contribution in [2.45, 2.75) is 71.6 Å². The molecule has 0 radical (unpaired) electrons. The second-order valence-electron chi connectivity index (χ2n) is 8.89. The van der Waals surface area contributed by atoms with Crippen LogP contribution in [0.2, 0.25) is 0 Å².